The van der Waals surface area contributed by atoms with Gasteiger partial charge in [0.2, 0.25) is 5.91 Å². The van der Waals surface area contributed by atoms with E-state index in [4.69, 9.17) is 23.2 Å². The summed E-state index contributed by atoms with van der Waals surface area (Å²) in [7, 11) is 0. The van der Waals surface area contributed by atoms with Crippen molar-refractivity contribution in [3.05, 3.63) is 76.5 Å². The van der Waals surface area contributed by atoms with Gasteiger partial charge in [-0.2, -0.15) is 0 Å². The SMILES string of the molecule is CC(=O)Nc1cccc(C2C=CC(C3(CNC(=O)NC4=CC(Cl)CC(Cl)=C4)CCN(C4CCCCC4)CC3)=CC2)c1. The van der Waals surface area contributed by atoms with Crippen LogP contribution in [0.5, 0.6) is 0 Å². The highest BCUT2D eigenvalue weighted by Gasteiger charge is 2.39. The zero-order valence-corrected chi connectivity index (χ0v) is 25.4. The lowest BCUT2D eigenvalue weighted by Gasteiger charge is -2.46. The number of nitrogens with one attached hydrogen (secondary N) is 3. The number of hydrogen-bond acceptors (Lipinski definition) is 3. The van der Waals surface area contributed by atoms with Crippen LogP contribution < -0.4 is 16.0 Å². The second kappa shape index (κ2) is 13.6. The first-order chi connectivity index (χ1) is 19.8. The first-order valence-electron chi connectivity index (χ1n) is 15.1. The number of anilines is 1. The summed E-state index contributed by atoms with van der Waals surface area (Å²) in [6.07, 6.45) is 20.7. The van der Waals surface area contributed by atoms with E-state index in [0.29, 0.717) is 29.7 Å². The Morgan fingerprint density at radius 3 is 2.56 bits per heavy atom. The fourth-order valence-electron chi connectivity index (χ4n) is 6.86. The van der Waals surface area contributed by atoms with Crippen LogP contribution in [-0.4, -0.2) is 47.9 Å². The Labute approximate surface area is 254 Å². The topological polar surface area (TPSA) is 73.5 Å². The van der Waals surface area contributed by atoms with Gasteiger partial charge in [0.1, 0.15) is 0 Å². The number of urea groups is 1. The number of nitrogens with zero attached hydrogens (tertiary/aromatic N) is 1. The number of likely N-dealkylation sites (tertiary alicyclic amines) is 1. The second-order valence-corrected chi connectivity index (χ2v) is 13.1. The lowest BCUT2D eigenvalue weighted by Crippen LogP contribution is -2.51. The molecule has 3 amide bonds. The van der Waals surface area contributed by atoms with Gasteiger partial charge in [-0.3, -0.25) is 4.79 Å². The highest BCUT2D eigenvalue weighted by Crippen LogP contribution is 2.43. The molecule has 1 heterocycles. The normalized spacial score (nSPS) is 25.0. The predicted molar refractivity (Wildman–Crippen MR) is 168 cm³/mol. The Hall–Kier alpha value is -2.54. The maximum Gasteiger partial charge on any atom is 0.319 e. The smallest absolute Gasteiger partial charge is 0.319 e. The average Bonchev–Trinajstić information content (AvgIpc) is 2.96. The molecule has 1 aromatic rings. The zero-order chi connectivity index (χ0) is 28.8. The average molecular weight is 598 g/mol. The molecule has 0 spiro atoms. The van der Waals surface area contributed by atoms with Gasteiger partial charge >= 0.3 is 6.03 Å². The molecule has 4 aliphatic rings. The van der Waals surface area contributed by atoms with Crippen LogP contribution in [-0.2, 0) is 4.79 Å². The van der Waals surface area contributed by atoms with Crippen molar-refractivity contribution in [3.63, 3.8) is 0 Å². The number of halogens is 2. The van der Waals surface area contributed by atoms with Gasteiger partial charge in [0.15, 0.2) is 0 Å². The molecule has 3 N–H and O–H groups in total. The summed E-state index contributed by atoms with van der Waals surface area (Å²) in [5.74, 6) is 0.185. The van der Waals surface area contributed by atoms with Crippen LogP contribution in [0.4, 0.5) is 10.5 Å². The van der Waals surface area contributed by atoms with Crippen LogP contribution in [0.15, 0.2) is 70.9 Å². The van der Waals surface area contributed by atoms with Crippen LogP contribution in [0.3, 0.4) is 0 Å². The van der Waals surface area contributed by atoms with Gasteiger partial charge in [0, 0.05) is 53.7 Å². The third kappa shape index (κ3) is 7.85. The number of alkyl halides is 1. The zero-order valence-electron chi connectivity index (χ0n) is 23.9. The number of carbonyl (C=O) groups is 2. The summed E-state index contributed by atoms with van der Waals surface area (Å²) in [6, 6.07) is 8.57. The van der Waals surface area contributed by atoms with E-state index in [1.807, 2.05) is 18.2 Å². The van der Waals surface area contributed by atoms with Gasteiger partial charge < -0.3 is 20.9 Å². The molecule has 0 radical (unpaired) electrons. The molecule has 0 aromatic heterocycles. The van der Waals surface area contributed by atoms with Crippen molar-refractivity contribution in [2.24, 2.45) is 5.41 Å². The largest absolute Gasteiger partial charge is 0.337 e. The highest BCUT2D eigenvalue weighted by molar-refractivity contribution is 6.31. The highest BCUT2D eigenvalue weighted by atomic mass is 35.5. The van der Waals surface area contributed by atoms with Gasteiger partial charge in [0.05, 0.1) is 5.38 Å². The lowest BCUT2D eigenvalue weighted by molar-refractivity contribution is -0.114. The standard InChI is InChI=1S/C33H42Cl2N4O2/c1-23(40)37-29-7-5-6-25(18-29)24-10-12-26(13-11-24)33(14-16-39(17-15-33)31-8-3-2-4-9-31)22-36-32(41)38-30-20-27(34)19-28(35)21-30/h5-7,10,12-13,18,20-21,24,27,31H,2-4,8-9,11,14-17,19,22H2,1H3,(H,37,40)(H2,36,38,41). The van der Waals surface area contributed by atoms with E-state index in [1.165, 1.54) is 50.2 Å². The number of rotatable bonds is 7. The van der Waals surface area contributed by atoms with Crippen molar-refractivity contribution >= 4 is 40.8 Å². The van der Waals surface area contributed by atoms with Crippen molar-refractivity contribution < 1.29 is 9.59 Å². The number of amides is 3. The first kappa shape index (κ1) is 29.9. The minimum absolute atomic E-state index is 0.0667. The van der Waals surface area contributed by atoms with E-state index in [0.717, 1.165) is 38.0 Å². The van der Waals surface area contributed by atoms with Gasteiger partial charge in [-0.15, -0.1) is 11.6 Å². The minimum atomic E-state index is -0.232. The molecule has 1 aromatic carbocycles. The van der Waals surface area contributed by atoms with Crippen LogP contribution >= 0.6 is 23.2 Å². The maximum atomic E-state index is 13.0. The second-order valence-electron chi connectivity index (χ2n) is 12.0. The van der Waals surface area contributed by atoms with E-state index in [-0.39, 0.29) is 28.6 Å². The van der Waals surface area contributed by atoms with E-state index in [9.17, 15) is 9.59 Å². The lowest BCUT2D eigenvalue weighted by atomic mass is 9.69. The number of carbonyl (C=O) groups excluding carboxylic acids is 2. The van der Waals surface area contributed by atoms with Crippen molar-refractivity contribution in [2.45, 2.75) is 82.0 Å². The Balaban J connectivity index is 1.28. The monoisotopic (exact) mass is 596 g/mol. The van der Waals surface area contributed by atoms with E-state index in [2.05, 4.69) is 51.2 Å². The quantitative estimate of drug-likeness (QED) is 0.288. The minimum Gasteiger partial charge on any atom is -0.337 e. The molecule has 1 saturated carbocycles. The Morgan fingerprint density at radius 2 is 1.88 bits per heavy atom. The molecule has 2 atom stereocenters. The Morgan fingerprint density at radius 1 is 1.10 bits per heavy atom. The summed E-state index contributed by atoms with van der Waals surface area (Å²) in [4.78, 5) is 27.2. The van der Waals surface area contributed by atoms with Crippen LogP contribution in [0.1, 0.15) is 76.2 Å². The predicted octanol–water partition coefficient (Wildman–Crippen LogP) is 7.35. The first-order valence-corrected chi connectivity index (χ1v) is 15.9. The van der Waals surface area contributed by atoms with Crippen LogP contribution in [0, 0.1) is 5.41 Å². The Kier molecular flexibility index (Phi) is 9.95. The summed E-state index contributed by atoms with van der Waals surface area (Å²) >= 11 is 12.5. The fourth-order valence-corrected chi connectivity index (χ4v) is 7.53. The third-order valence-electron chi connectivity index (χ3n) is 9.10. The molecule has 0 bridgehead atoms. The van der Waals surface area contributed by atoms with E-state index >= 15 is 0 Å². The summed E-state index contributed by atoms with van der Waals surface area (Å²) in [5, 5.41) is 9.44. The summed E-state index contributed by atoms with van der Waals surface area (Å²) < 4.78 is 0. The maximum absolute atomic E-state index is 13.0. The van der Waals surface area contributed by atoms with Gasteiger partial charge in [-0.05, 0) is 80.6 Å². The molecular formula is C33H42Cl2N4O2. The molecule has 8 heteroatoms. The summed E-state index contributed by atoms with van der Waals surface area (Å²) in [5.41, 5.74) is 3.85. The number of piperidine rings is 1. The van der Waals surface area contributed by atoms with Crippen molar-refractivity contribution in [3.8, 4) is 0 Å². The van der Waals surface area contributed by atoms with Gasteiger partial charge in [-0.1, -0.05) is 61.2 Å². The summed E-state index contributed by atoms with van der Waals surface area (Å²) in [6.45, 7) is 4.21. The number of allylic oxidation sites excluding steroid dienone is 6. The molecule has 6 nitrogen and oxygen atoms in total. The van der Waals surface area contributed by atoms with Crippen molar-refractivity contribution in [2.75, 3.05) is 25.0 Å². The number of benzene rings is 1. The molecule has 5 rings (SSSR count). The number of hydrogen-bond donors (Lipinski definition) is 3. The van der Waals surface area contributed by atoms with Crippen LogP contribution in [0.2, 0.25) is 0 Å². The fraction of sp³-hybridized carbons (Fsp3) is 0.515. The molecule has 1 aliphatic heterocycles. The molecule has 1 saturated heterocycles. The third-order valence-corrected chi connectivity index (χ3v) is 9.64. The van der Waals surface area contributed by atoms with E-state index in [1.54, 1.807) is 6.08 Å². The Bertz CT molecular complexity index is 1240. The van der Waals surface area contributed by atoms with E-state index < -0.39 is 0 Å². The van der Waals surface area contributed by atoms with Crippen LogP contribution in [0.25, 0.3) is 0 Å². The molecule has 220 valence electrons. The molecule has 2 fully saturated rings. The molecule has 3 aliphatic carbocycles. The van der Waals surface area contributed by atoms with Crippen molar-refractivity contribution in [1.29, 1.82) is 0 Å². The van der Waals surface area contributed by atoms with Gasteiger partial charge in [-0.25, -0.2) is 4.79 Å². The molecule has 41 heavy (non-hydrogen) atoms. The van der Waals surface area contributed by atoms with Gasteiger partial charge in [0.25, 0.3) is 0 Å². The molecular weight excluding hydrogens is 555 g/mol. The molecule has 2 unspecified atom stereocenters. The van der Waals surface area contributed by atoms with Crippen molar-refractivity contribution in [1.82, 2.24) is 15.5 Å².